The minimum atomic E-state index is -0.515. The number of rotatable bonds is 6. The molecule has 2 aromatic heterocycles. The van der Waals surface area contributed by atoms with Gasteiger partial charge in [-0.25, -0.2) is 9.48 Å². The van der Waals surface area contributed by atoms with Gasteiger partial charge in [-0.15, -0.1) is 0 Å². The lowest BCUT2D eigenvalue weighted by atomic mass is 10.0. The predicted molar refractivity (Wildman–Crippen MR) is 134 cm³/mol. The predicted octanol–water partition coefficient (Wildman–Crippen LogP) is 6.14. The Bertz CT molecular complexity index is 1320. The van der Waals surface area contributed by atoms with Crippen LogP contribution in [-0.4, -0.2) is 21.7 Å². The number of carbonyl (C=O) groups is 2. The Morgan fingerprint density at radius 1 is 1.09 bits per heavy atom. The van der Waals surface area contributed by atoms with E-state index in [2.05, 4.69) is 15.7 Å². The summed E-state index contributed by atoms with van der Waals surface area (Å²) in [4.78, 5) is 24.4. The Morgan fingerprint density at radius 2 is 1.88 bits per heavy atom. The number of nitrogens with one attached hydrogen (secondary N) is 2. The summed E-state index contributed by atoms with van der Waals surface area (Å²) >= 11 is 13.8. The molecule has 0 saturated heterocycles. The van der Waals surface area contributed by atoms with E-state index < -0.39 is 17.9 Å². The lowest BCUT2D eigenvalue weighted by Crippen LogP contribution is -2.21. The van der Waals surface area contributed by atoms with Gasteiger partial charge in [0.1, 0.15) is 5.82 Å². The van der Waals surface area contributed by atoms with Crippen molar-refractivity contribution in [3.05, 3.63) is 81.0 Å². The van der Waals surface area contributed by atoms with Gasteiger partial charge < -0.3 is 11.1 Å². The van der Waals surface area contributed by atoms with Crippen molar-refractivity contribution in [2.75, 3.05) is 10.6 Å². The number of amides is 3. The number of aromatic nitrogens is 2. The molecule has 0 bridgehead atoms. The van der Waals surface area contributed by atoms with Crippen LogP contribution in [0.5, 0.6) is 0 Å². The zero-order valence-corrected chi connectivity index (χ0v) is 19.7. The first-order valence-electron chi connectivity index (χ1n) is 9.88. The molecule has 1 atom stereocenters. The van der Waals surface area contributed by atoms with Crippen molar-refractivity contribution in [3.8, 4) is 16.9 Å². The molecular formula is C23H19Cl2N5O2S. The average Bonchev–Trinajstić information content (AvgIpc) is 3.46. The van der Waals surface area contributed by atoms with Gasteiger partial charge in [-0.05, 0) is 48.2 Å². The molecular weight excluding hydrogens is 481 g/mol. The van der Waals surface area contributed by atoms with Crippen molar-refractivity contribution in [1.29, 1.82) is 0 Å². The number of nitrogens with zero attached hydrogens (tertiary/aromatic N) is 2. The second-order valence-corrected chi connectivity index (χ2v) is 8.80. The smallest absolute Gasteiger partial charge is 0.324 e. The summed E-state index contributed by atoms with van der Waals surface area (Å²) in [6.45, 7) is 1.74. The number of thiophene rings is 1. The number of hydrogen-bond acceptors (Lipinski definition) is 4. The van der Waals surface area contributed by atoms with Crippen LogP contribution in [0.25, 0.3) is 16.9 Å². The monoisotopic (exact) mass is 499 g/mol. The maximum absolute atomic E-state index is 12.8. The molecule has 168 valence electrons. The van der Waals surface area contributed by atoms with Crippen molar-refractivity contribution >= 4 is 58.0 Å². The quantitative estimate of drug-likeness (QED) is 0.296. The van der Waals surface area contributed by atoms with Crippen LogP contribution in [0.3, 0.4) is 0 Å². The summed E-state index contributed by atoms with van der Waals surface area (Å²) in [7, 11) is 0. The Labute approximate surface area is 204 Å². The van der Waals surface area contributed by atoms with Crippen LogP contribution in [0.1, 0.15) is 18.4 Å². The van der Waals surface area contributed by atoms with Crippen molar-refractivity contribution in [1.82, 2.24) is 9.78 Å². The van der Waals surface area contributed by atoms with E-state index in [0.29, 0.717) is 27.9 Å². The number of benzene rings is 2. The first-order chi connectivity index (χ1) is 15.8. The van der Waals surface area contributed by atoms with Gasteiger partial charge in [0.25, 0.3) is 0 Å². The van der Waals surface area contributed by atoms with Gasteiger partial charge in [0.05, 0.1) is 33.0 Å². The molecule has 10 heteroatoms. The molecule has 0 fully saturated rings. The SMILES string of the molecule is CC(C(N)=O)c1cccc(-n2nc(-c3ccsc3)cc2NC(=O)Nc2cccc(Cl)c2Cl)c1. The fourth-order valence-corrected chi connectivity index (χ4v) is 4.18. The van der Waals surface area contributed by atoms with E-state index in [1.165, 1.54) is 0 Å². The Kier molecular flexibility index (Phi) is 6.69. The molecule has 0 spiro atoms. The fourth-order valence-electron chi connectivity index (χ4n) is 3.18. The van der Waals surface area contributed by atoms with Gasteiger partial charge in [0, 0.05) is 17.0 Å². The van der Waals surface area contributed by atoms with Gasteiger partial charge >= 0.3 is 6.03 Å². The molecule has 4 rings (SSSR count). The van der Waals surface area contributed by atoms with Crippen LogP contribution in [0, 0.1) is 0 Å². The number of primary amides is 1. The number of nitrogens with two attached hydrogens (primary N) is 1. The maximum Gasteiger partial charge on any atom is 0.324 e. The highest BCUT2D eigenvalue weighted by molar-refractivity contribution is 7.08. The third-order valence-electron chi connectivity index (χ3n) is 5.01. The fraction of sp³-hybridized carbons (Fsp3) is 0.0870. The molecule has 0 aliphatic heterocycles. The minimum Gasteiger partial charge on any atom is -0.369 e. The van der Waals surface area contributed by atoms with Gasteiger partial charge in [0.15, 0.2) is 0 Å². The lowest BCUT2D eigenvalue weighted by Gasteiger charge is -2.13. The van der Waals surface area contributed by atoms with E-state index >= 15 is 0 Å². The molecule has 33 heavy (non-hydrogen) atoms. The number of anilines is 2. The third kappa shape index (κ3) is 5.03. The summed E-state index contributed by atoms with van der Waals surface area (Å²) < 4.78 is 1.60. The Balaban J connectivity index is 1.69. The number of halogens is 2. The minimum absolute atomic E-state index is 0.245. The maximum atomic E-state index is 12.8. The number of carbonyl (C=O) groups excluding carboxylic acids is 2. The topological polar surface area (TPSA) is 102 Å². The molecule has 0 radical (unpaired) electrons. The van der Waals surface area contributed by atoms with E-state index in [4.69, 9.17) is 28.9 Å². The van der Waals surface area contributed by atoms with Crippen LogP contribution in [0.2, 0.25) is 10.0 Å². The number of hydrogen-bond donors (Lipinski definition) is 3. The molecule has 7 nitrogen and oxygen atoms in total. The van der Waals surface area contributed by atoms with Crippen molar-refractivity contribution in [2.24, 2.45) is 5.73 Å². The molecule has 0 aliphatic rings. The molecule has 0 saturated carbocycles. The summed E-state index contributed by atoms with van der Waals surface area (Å²) in [5.74, 6) is -0.472. The van der Waals surface area contributed by atoms with E-state index in [1.807, 2.05) is 41.1 Å². The zero-order chi connectivity index (χ0) is 23.5. The van der Waals surface area contributed by atoms with Crippen LogP contribution in [0.15, 0.2) is 65.4 Å². The standard InChI is InChI=1S/C23H19Cl2N5O2S/c1-13(22(26)31)14-4-2-5-16(10-14)30-20(11-19(29-30)15-8-9-33-12-15)28-23(32)27-18-7-3-6-17(24)21(18)25/h2-13H,1H3,(H2,26,31)(H2,27,28,32). The normalized spacial score (nSPS) is 11.7. The van der Waals surface area contributed by atoms with Crippen LogP contribution in [-0.2, 0) is 4.79 Å². The molecule has 4 aromatic rings. The second kappa shape index (κ2) is 9.66. The van der Waals surface area contributed by atoms with Crippen LogP contribution < -0.4 is 16.4 Å². The first kappa shape index (κ1) is 22.8. The van der Waals surface area contributed by atoms with Crippen molar-refractivity contribution < 1.29 is 9.59 Å². The zero-order valence-electron chi connectivity index (χ0n) is 17.4. The van der Waals surface area contributed by atoms with E-state index in [9.17, 15) is 9.59 Å². The summed E-state index contributed by atoms with van der Waals surface area (Å²) in [5.41, 5.74) is 8.86. The van der Waals surface area contributed by atoms with Gasteiger partial charge in [0.2, 0.25) is 5.91 Å². The summed E-state index contributed by atoms with van der Waals surface area (Å²) in [5, 5.41) is 14.7. The highest BCUT2D eigenvalue weighted by Gasteiger charge is 2.17. The first-order valence-corrected chi connectivity index (χ1v) is 11.6. The summed E-state index contributed by atoms with van der Waals surface area (Å²) in [6, 6.07) is 15.5. The van der Waals surface area contributed by atoms with E-state index in [1.54, 1.807) is 47.2 Å². The van der Waals surface area contributed by atoms with Crippen molar-refractivity contribution in [3.63, 3.8) is 0 Å². The van der Waals surface area contributed by atoms with Crippen LogP contribution >= 0.6 is 34.5 Å². The van der Waals surface area contributed by atoms with Crippen molar-refractivity contribution in [2.45, 2.75) is 12.8 Å². The van der Waals surface area contributed by atoms with Gasteiger partial charge in [-0.1, -0.05) is 41.4 Å². The summed E-state index contributed by atoms with van der Waals surface area (Å²) in [6.07, 6.45) is 0. The third-order valence-corrected chi connectivity index (χ3v) is 6.51. The Morgan fingerprint density at radius 3 is 2.61 bits per heavy atom. The van der Waals surface area contributed by atoms with Crippen LogP contribution in [0.4, 0.5) is 16.3 Å². The largest absolute Gasteiger partial charge is 0.369 e. The molecule has 1 unspecified atom stereocenters. The molecule has 3 amide bonds. The highest BCUT2D eigenvalue weighted by atomic mass is 35.5. The highest BCUT2D eigenvalue weighted by Crippen LogP contribution is 2.31. The lowest BCUT2D eigenvalue weighted by molar-refractivity contribution is -0.119. The number of urea groups is 1. The molecule has 2 heterocycles. The van der Waals surface area contributed by atoms with Gasteiger partial charge in [-0.2, -0.15) is 16.4 Å². The average molecular weight is 500 g/mol. The van der Waals surface area contributed by atoms with E-state index in [-0.39, 0.29) is 5.02 Å². The van der Waals surface area contributed by atoms with E-state index in [0.717, 1.165) is 11.1 Å². The molecule has 4 N–H and O–H groups in total. The van der Waals surface area contributed by atoms with Gasteiger partial charge in [-0.3, -0.25) is 10.1 Å². The molecule has 0 aliphatic carbocycles. The Hall–Kier alpha value is -3.33. The molecule has 2 aromatic carbocycles. The second-order valence-electron chi connectivity index (χ2n) is 7.24.